The highest BCUT2D eigenvalue weighted by atomic mass is 16.5. The summed E-state index contributed by atoms with van der Waals surface area (Å²) in [5.74, 6) is 3.31. The summed E-state index contributed by atoms with van der Waals surface area (Å²) in [5.41, 5.74) is 1.09. The van der Waals surface area contributed by atoms with E-state index in [1.807, 2.05) is 37.4 Å². The van der Waals surface area contributed by atoms with Crippen LogP contribution in [0.2, 0.25) is 0 Å². The van der Waals surface area contributed by atoms with Crippen LogP contribution in [0.4, 0.5) is 0 Å². The number of ether oxygens (including phenoxy) is 1. The Hall–Kier alpha value is -2.27. The Labute approximate surface area is 143 Å². The molecule has 0 bridgehead atoms. The molecule has 0 spiro atoms. The smallest absolute Gasteiger partial charge is 0.194 e. The van der Waals surface area contributed by atoms with Gasteiger partial charge in [0.05, 0.1) is 13.2 Å². The number of furan rings is 1. The highest BCUT2D eigenvalue weighted by molar-refractivity contribution is 5.80. The van der Waals surface area contributed by atoms with Crippen molar-refractivity contribution < 1.29 is 9.15 Å². The van der Waals surface area contributed by atoms with Gasteiger partial charge in [0.15, 0.2) is 5.96 Å². The Morgan fingerprint density at radius 3 is 2.88 bits per heavy atom. The quantitative estimate of drug-likeness (QED) is 0.677. The lowest BCUT2D eigenvalue weighted by Crippen LogP contribution is -2.39. The number of benzene rings is 1. The molecule has 2 aromatic rings. The summed E-state index contributed by atoms with van der Waals surface area (Å²) in [7, 11) is 3.58. The largest absolute Gasteiger partial charge is 0.459 e. The van der Waals surface area contributed by atoms with Crippen LogP contribution in [-0.4, -0.2) is 44.7 Å². The SMILES string of the molecule is CN=C(NCc1ccc(-c2ccccc2)o1)N1CCC(COC)C1. The van der Waals surface area contributed by atoms with Crippen LogP contribution in [0.5, 0.6) is 0 Å². The van der Waals surface area contributed by atoms with E-state index in [0.29, 0.717) is 12.5 Å². The van der Waals surface area contributed by atoms with Crippen LogP contribution >= 0.6 is 0 Å². The molecule has 5 nitrogen and oxygen atoms in total. The van der Waals surface area contributed by atoms with Gasteiger partial charge in [0.1, 0.15) is 11.5 Å². The zero-order valence-electron chi connectivity index (χ0n) is 14.4. The number of rotatable bonds is 5. The molecule has 0 aliphatic carbocycles. The highest BCUT2D eigenvalue weighted by Crippen LogP contribution is 2.22. The first-order valence-corrected chi connectivity index (χ1v) is 8.39. The lowest BCUT2D eigenvalue weighted by Gasteiger charge is -2.21. The zero-order valence-corrected chi connectivity index (χ0v) is 14.4. The van der Waals surface area contributed by atoms with Crippen molar-refractivity contribution in [3.05, 3.63) is 48.2 Å². The van der Waals surface area contributed by atoms with Gasteiger partial charge in [-0.05, 0) is 18.6 Å². The molecule has 128 valence electrons. The minimum atomic E-state index is 0.585. The minimum absolute atomic E-state index is 0.585. The van der Waals surface area contributed by atoms with Crippen LogP contribution in [0, 0.1) is 5.92 Å². The number of hydrogen-bond acceptors (Lipinski definition) is 3. The fraction of sp³-hybridized carbons (Fsp3) is 0.421. The second kappa shape index (κ2) is 8.02. The minimum Gasteiger partial charge on any atom is -0.459 e. The summed E-state index contributed by atoms with van der Waals surface area (Å²) < 4.78 is 11.2. The Morgan fingerprint density at radius 2 is 2.12 bits per heavy atom. The van der Waals surface area contributed by atoms with E-state index >= 15 is 0 Å². The molecule has 5 heteroatoms. The molecule has 1 fully saturated rings. The van der Waals surface area contributed by atoms with E-state index in [4.69, 9.17) is 9.15 Å². The topological polar surface area (TPSA) is 50.0 Å². The fourth-order valence-electron chi connectivity index (χ4n) is 3.13. The predicted octanol–water partition coefficient (Wildman–Crippen LogP) is 2.99. The van der Waals surface area contributed by atoms with Gasteiger partial charge < -0.3 is 19.4 Å². The molecule has 1 atom stereocenters. The summed E-state index contributed by atoms with van der Waals surface area (Å²) in [6.45, 7) is 3.44. The lowest BCUT2D eigenvalue weighted by molar-refractivity contribution is 0.157. The number of guanidine groups is 1. The summed E-state index contributed by atoms with van der Waals surface area (Å²) in [6.07, 6.45) is 1.15. The maximum atomic E-state index is 5.93. The Bertz CT molecular complexity index is 666. The third-order valence-corrected chi connectivity index (χ3v) is 4.34. The van der Waals surface area contributed by atoms with Gasteiger partial charge in [0.2, 0.25) is 0 Å². The predicted molar refractivity (Wildman–Crippen MR) is 95.9 cm³/mol. The normalized spacial score (nSPS) is 18.2. The molecule has 3 rings (SSSR count). The first kappa shape index (κ1) is 16.6. The molecule has 24 heavy (non-hydrogen) atoms. The monoisotopic (exact) mass is 327 g/mol. The van der Waals surface area contributed by atoms with Gasteiger partial charge in [-0.2, -0.15) is 0 Å². The number of hydrogen-bond donors (Lipinski definition) is 1. The van der Waals surface area contributed by atoms with Crippen molar-refractivity contribution in [2.75, 3.05) is 33.9 Å². The van der Waals surface area contributed by atoms with E-state index in [1.165, 1.54) is 0 Å². The molecular weight excluding hydrogens is 302 g/mol. The Kier molecular flexibility index (Phi) is 5.54. The molecule has 0 saturated carbocycles. The first-order chi connectivity index (χ1) is 11.8. The van der Waals surface area contributed by atoms with Gasteiger partial charge in [-0.1, -0.05) is 30.3 Å². The number of methoxy groups -OCH3 is 1. The van der Waals surface area contributed by atoms with E-state index in [0.717, 1.165) is 49.2 Å². The molecule has 0 amide bonds. The van der Waals surface area contributed by atoms with Crippen LogP contribution in [-0.2, 0) is 11.3 Å². The van der Waals surface area contributed by atoms with Crippen molar-refractivity contribution in [1.82, 2.24) is 10.2 Å². The van der Waals surface area contributed by atoms with E-state index in [-0.39, 0.29) is 0 Å². The highest BCUT2D eigenvalue weighted by Gasteiger charge is 2.24. The molecule has 1 aliphatic rings. The molecule has 1 N–H and O–H groups in total. The van der Waals surface area contributed by atoms with Crippen LogP contribution < -0.4 is 5.32 Å². The van der Waals surface area contributed by atoms with Crippen molar-refractivity contribution in [1.29, 1.82) is 0 Å². The van der Waals surface area contributed by atoms with Crippen LogP contribution in [0.3, 0.4) is 0 Å². The Balaban J connectivity index is 1.56. The van der Waals surface area contributed by atoms with E-state index in [1.54, 1.807) is 7.11 Å². The molecule has 1 unspecified atom stereocenters. The van der Waals surface area contributed by atoms with Gasteiger partial charge in [-0.25, -0.2) is 0 Å². The van der Waals surface area contributed by atoms with E-state index < -0.39 is 0 Å². The summed E-state index contributed by atoms with van der Waals surface area (Å²) in [5, 5.41) is 3.40. The molecule has 1 aliphatic heterocycles. The standard InChI is InChI=1S/C19H25N3O2/c1-20-19(22-11-10-15(13-22)14-23-2)21-12-17-8-9-18(24-17)16-6-4-3-5-7-16/h3-9,15H,10-14H2,1-2H3,(H,20,21). The average Bonchev–Trinajstić information content (AvgIpc) is 3.27. The molecule has 1 saturated heterocycles. The van der Waals surface area contributed by atoms with E-state index in [9.17, 15) is 0 Å². The van der Waals surface area contributed by atoms with Gasteiger partial charge >= 0.3 is 0 Å². The number of likely N-dealkylation sites (tertiary alicyclic amines) is 1. The van der Waals surface area contributed by atoms with Crippen molar-refractivity contribution in [3.63, 3.8) is 0 Å². The molecule has 2 heterocycles. The molecule has 0 radical (unpaired) electrons. The second-order valence-corrected chi connectivity index (χ2v) is 6.09. The van der Waals surface area contributed by atoms with Gasteiger partial charge in [-0.15, -0.1) is 0 Å². The average molecular weight is 327 g/mol. The third kappa shape index (κ3) is 3.97. The van der Waals surface area contributed by atoms with Gasteiger partial charge in [0.25, 0.3) is 0 Å². The summed E-state index contributed by atoms with van der Waals surface area (Å²) in [6, 6.07) is 14.2. The molecular formula is C19H25N3O2. The molecule has 1 aromatic carbocycles. The van der Waals surface area contributed by atoms with Gasteiger partial charge in [0, 0.05) is 38.7 Å². The zero-order chi connectivity index (χ0) is 16.8. The van der Waals surface area contributed by atoms with Crippen molar-refractivity contribution in [2.24, 2.45) is 10.9 Å². The Morgan fingerprint density at radius 1 is 1.29 bits per heavy atom. The third-order valence-electron chi connectivity index (χ3n) is 4.34. The number of nitrogens with zero attached hydrogens (tertiary/aromatic N) is 2. The van der Waals surface area contributed by atoms with Crippen molar-refractivity contribution in [3.8, 4) is 11.3 Å². The van der Waals surface area contributed by atoms with Crippen molar-refractivity contribution >= 4 is 5.96 Å². The number of nitrogens with one attached hydrogen (secondary N) is 1. The van der Waals surface area contributed by atoms with Crippen molar-refractivity contribution in [2.45, 2.75) is 13.0 Å². The fourth-order valence-corrected chi connectivity index (χ4v) is 3.13. The van der Waals surface area contributed by atoms with Crippen LogP contribution in [0.25, 0.3) is 11.3 Å². The summed E-state index contributed by atoms with van der Waals surface area (Å²) in [4.78, 5) is 6.68. The lowest BCUT2D eigenvalue weighted by atomic mass is 10.1. The second-order valence-electron chi connectivity index (χ2n) is 6.09. The van der Waals surface area contributed by atoms with Gasteiger partial charge in [-0.3, -0.25) is 4.99 Å². The summed E-state index contributed by atoms with van der Waals surface area (Å²) >= 11 is 0. The van der Waals surface area contributed by atoms with E-state index in [2.05, 4.69) is 27.3 Å². The van der Waals surface area contributed by atoms with Crippen LogP contribution in [0.1, 0.15) is 12.2 Å². The first-order valence-electron chi connectivity index (χ1n) is 8.39. The molecule has 1 aromatic heterocycles. The number of aliphatic imine (C=N–C) groups is 1. The maximum Gasteiger partial charge on any atom is 0.194 e. The maximum absolute atomic E-state index is 5.93. The van der Waals surface area contributed by atoms with Crippen LogP contribution in [0.15, 0.2) is 51.9 Å².